The van der Waals surface area contributed by atoms with Crippen molar-refractivity contribution < 1.29 is 4.79 Å². The minimum absolute atomic E-state index is 0.0845. The van der Waals surface area contributed by atoms with E-state index in [0.29, 0.717) is 12.4 Å². The zero-order valence-corrected chi connectivity index (χ0v) is 11.0. The van der Waals surface area contributed by atoms with Crippen molar-refractivity contribution in [3.05, 3.63) is 29.5 Å². The molecule has 0 radical (unpaired) electrons. The van der Waals surface area contributed by atoms with Gasteiger partial charge in [0, 0.05) is 24.7 Å². The SMILES string of the molecule is Cc1nc(N)n(C)c1-c1ccc2c(c1)CCC(=O)N2. The van der Waals surface area contributed by atoms with E-state index in [1.165, 1.54) is 0 Å². The molecule has 0 fully saturated rings. The smallest absolute Gasteiger partial charge is 0.224 e. The molecule has 0 spiro atoms. The predicted octanol–water partition coefficient (Wildman–Crippen LogP) is 1.86. The fraction of sp³-hybridized carbons (Fsp3) is 0.286. The van der Waals surface area contributed by atoms with Gasteiger partial charge in [0.1, 0.15) is 0 Å². The standard InChI is InChI=1S/C14H16N4O/c1-8-13(18(2)14(15)16-8)10-3-5-11-9(7-10)4-6-12(19)17-11/h3,5,7H,4,6H2,1-2H3,(H2,15,16)(H,17,19). The monoisotopic (exact) mass is 256 g/mol. The fourth-order valence-corrected chi connectivity index (χ4v) is 2.59. The molecule has 2 aromatic rings. The van der Waals surface area contributed by atoms with Crippen LogP contribution >= 0.6 is 0 Å². The highest BCUT2D eigenvalue weighted by Crippen LogP contribution is 2.30. The van der Waals surface area contributed by atoms with E-state index >= 15 is 0 Å². The number of rotatable bonds is 1. The van der Waals surface area contributed by atoms with Gasteiger partial charge >= 0.3 is 0 Å². The molecule has 0 unspecified atom stereocenters. The van der Waals surface area contributed by atoms with Crippen LogP contribution < -0.4 is 11.1 Å². The van der Waals surface area contributed by atoms with Crippen LogP contribution in [0.4, 0.5) is 11.6 Å². The second-order valence-electron chi connectivity index (χ2n) is 4.88. The van der Waals surface area contributed by atoms with Crippen molar-refractivity contribution in [3.63, 3.8) is 0 Å². The highest BCUT2D eigenvalue weighted by atomic mass is 16.1. The molecule has 5 heteroatoms. The topological polar surface area (TPSA) is 72.9 Å². The summed E-state index contributed by atoms with van der Waals surface area (Å²) in [5.74, 6) is 0.597. The Bertz CT molecular complexity index is 672. The van der Waals surface area contributed by atoms with Crippen LogP contribution in [-0.4, -0.2) is 15.5 Å². The van der Waals surface area contributed by atoms with Gasteiger partial charge in [-0.25, -0.2) is 4.98 Å². The molecular weight excluding hydrogens is 240 g/mol. The quantitative estimate of drug-likeness (QED) is 0.818. The number of fused-ring (bicyclic) bond motifs is 1. The maximum atomic E-state index is 11.4. The Morgan fingerprint density at radius 1 is 1.37 bits per heavy atom. The van der Waals surface area contributed by atoms with E-state index in [-0.39, 0.29) is 5.91 Å². The number of nitrogens with zero attached hydrogens (tertiary/aromatic N) is 2. The van der Waals surface area contributed by atoms with Crippen LogP contribution in [0.1, 0.15) is 17.7 Å². The summed E-state index contributed by atoms with van der Waals surface area (Å²) in [6, 6.07) is 6.05. The lowest BCUT2D eigenvalue weighted by molar-refractivity contribution is -0.116. The van der Waals surface area contributed by atoms with Gasteiger partial charge in [0.25, 0.3) is 0 Å². The number of nitrogens with one attached hydrogen (secondary N) is 1. The van der Waals surface area contributed by atoms with Gasteiger partial charge in [0.2, 0.25) is 11.9 Å². The molecule has 98 valence electrons. The summed E-state index contributed by atoms with van der Waals surface area (Å²) in [5.41, 5.74) is 10.9. The zero-order valence-electron chi connectivity index (χ0n) is 11.0. The van der Waals surface area contributed by atoms with Gasteiger partial charge in [-0.3, -0.25) is 4.79 Å². The Kier molecular flexibility index (Phi) is 2.55. The number of imidazole rings is 1. The van der Waals surface area contributed by atoms with Crippen LogP contribution in [0.25, 0.3) is 11.3 Å². The van der Waals surface area contributed by atoms with Gasteiger partial charge in [-0.2, -0.15) is 0 Å². The van der Waals surface area contributed by atoms with Gasteiger partial charge in [0.05, 0.1) is 11.4 Å². The number of hydrogen-bond donors (Lipinski definition) is 2. The summed E-state index contributed by atoms with van der Waals surface area (Å²) in [6.45, 7) is 1.95. The second-order valence-corrected chi connectivity index (χ2v) is 4.88. The largest absolute Gasteiger partial charge is 0.369 e. The average Bonchev–Trinajstić information content (AvgIpc) is 2.63. The molecule has 1 aliphatic rings. The molecule has 0 aliphatic carbocycles. The maximum absolute atomic E-state index is 11.4. The average molecular weight is 256 g/mol. The minimum Gasteiger partial charge on any atom is -0.369 e. The minimum atomic E-state index is 0.0845. The third-order valence-corrected chi connectivity index (χ3v) is 3.58. The second kappa shape index (κ2) is 4.12. The van der Waals surface area contributed by atoms with Gasteiger partial charge < -0.3 is 15.6 Å². The van der Waals surface area contributed by atoms with Crippen molar-refractivity contribution in [2.45, 2.75) is 19.8 Å². The number of nitrogens with two attached hydrogens (primary N) is 1. The first-order valence-corrected chi connectivity index (χ1v) is 6.28. The van der Waals surface area contributed by atoms with Crippen LogP contribution in [-0.2, 0) is 18.3 Å². The highest BCUT2D eigenvalue weighted by molar-refractivity contribution is 5.94. The Morgan fingerprint density at radius 2 is 2.16 bits per heavy atom. The molecule has 2 heterocycles. The molecule has 0 saturated heterocycles. The van der Waals surface area contributed by atoms with Crippen molar-refractivity contribution in [2.24, 2.45) is 7.05 Å². The Hall–Kier alpha value is -2.30. The predicted molar refractivity (Wildman–Crippen MR) is 74.7 cm³/mol. The van der Waals surface area contributed by atoms with Gasteiger partial charge in [0.15, 0.2) is 0 Å². The first-order valence-electron chi connectivity index (χ1n) is 6.28. The van der Waals surface area contributed by atoms with Crippen molar-refractivity contribution in [3.8, 4) is 11.3 Å². The van der Waals surface area contributed by atoms with Crippen molar-refractivity contribution in [1.82, 2.24) is 9.55 Å². The molecule has 1 aromatic carbocycles. The number of hydrogen-bond acceptors (Lipinski definition) is 3. The Labute approximate surface area is 111 Å². The number of aromatic nitrogens is 2. The van der Waals surface area contributed by atoms with Gasteiger partial charge in [-0.15, -0.1) is 0 Å². The molecular formula is C14H16N4O. The van der Waals surface area contributed by atoms with Crippen LogP contribution in [0.5, 0.6) is 0 Å². The zero-order chi connectivity index (χ0) is 13.6. The first kappa shape index (κ1) is 11.8. The van der Waals surface area contributed by atoms with Crippen LogP contribution in [0, 0.1) is 6.92 Å². The number of aryl methyl sites for hydroxylation is 2. The lowest BCUT2D eigenvalue weighted by atomic mass is 9.98. The van der Waals surface area contributed by atoms with E-state index in [4.69, 9.17) is 5.73 Å². The van der Waals surface area contributed by atoms with Crippen molar-refractivity contribution in [1.29, 1.82) is 0 Å². The summed E-state index contributed by atoms with van der Waals surface area (Å²) in [5, 5.41) is 2.89. The van der Waals surface area contributed by atoms with E-state index in [2.05, 4.69) is 16.4 Å². The molecule has 3 N–H and O–H groups in total. The normalized spacial score (nSPS) is 14.1. The van der Waals surface area contributed by atoms with E-state index in [1.54, 1.807) is 0 Å². The third-order valence-electron chi connectivity index (χ3n) is 3.58. The first-order chi connectivity index (χ1) is 9.06. The van der Waals surface area contributed by atoms with E-state index in [9.17, 15) is 4.79 Å². The molecule has 5 nitrogen and oxygen atoms in total. The fourth-order valence-electron chi connectivity index (χ4n) is 2.59. The molecule has 0 bridgehead atoms. The lowest BCUT2D eigenvalue weighted by Crippen LogP contribution is -2.18. The van der Waals surface area contributed by atoms with E-state index in [1.807, 2.05) is 30.7 Å². The number of benzene rings is 1. The molecule has 0 atom stereocenters. The summed E-state index contributed by atoms with van der Waals surface area (Å²) < 4.78 is 1.89. The molecule has 1 amide bonds. The molecule has 19 heavy (non-hydrogen) atoms. The Balaban J connectivity index is 2.10. The number of carbonyl (C=O) groups excluding carboxylic acids is 1. The maximum Gasteiger partial charge on any atom is 0.224 e. The number of amides is 1. The van der Waals surface area contributed by atoms with Crippen molar-refractivity contribution in [2.75, 3.05) is 11.1 Å². The Morgan fingerprint density at radius 3 is 2.84 bits per heavy atom. The number of carbonyl (C=O) groups is 1. The number of anilines is 2. The van der Waals surface area contributed by atoms with E-state index in [0.717, 1.165) is 34.6 Å². The van der Waals surface area contributed by atoms with Gasteiger partial charge in [-0.1, -0.05) is 6.07 Å². The summed E-state index contributed by atoms with van der Waals surface area (Å²) in [7, 11) is 1.91. The number of nitrogen functional groups attached to an aromatic ring is 1. The van der Waals surface area contributed by atoms with Gasteiger partial charge in [-0.05, 0) is 31.0 Å². The third kappa shape index (κ3) is 1.87. The summed E-state index contributed by atoms with van der Waals surface area (Å²) in [4.78, 5) is 15.6. The molecule has 3 rings (SSSR count). The van der Waals surface area contributed by atoms with Crippen LogP contribution in [0.15, 0.2) is 18.2 Å². The molecule has 1 aromatic heterocycles. The lowest BCUT2D eigenvalue weighted by Gasteiger charge is -2.18. The molecule has 1 aliphatic heterocycles. The highest BCUT2D eigenvalue weighted by Gasteiger charge is 2.17. The van der Waals surface area contributed by atoms with Crippen LogP contribution in [0.2, 0.25) is 0 Å². The summed E-state index contributed by atoms with van der Waals surface area (Å²) in [6.07, 6.45) is 1.32. The van der Waals surface area contributed by atoms with Crippen molar-refractivity contribution >= 4 is 17.5 Å². The molecule has 0 saturated carbocycles. The summed E-state index contributed by atoms with van der Waals surface area (Å²) >= 11 is 0. The van der Waals surface area contributed by atoms with E-state index < -0.39 is 0 Å². The van der Waals surface area contributed by atoms with Crippen LogP contribution in [0.3, 0.4) is 0 Å².